The molecular formula is C16H27Cl2N3O. The monoisotopic (exact) mass is 347 g/mol. The van der Waals surface area contributed by atoms with Crippen molar-refractivity contribution in [1.29, 1.82) is 0 Å². The first-order valence-electron chi connectivity index (χ1n) is 7.53. The molecule has 0 radical (unpaired) electrons. The average molecular weight is 348 g/mol. The van der Waals surface area contributed by atoms with E-state index in [0.717, 1.165) is 43.7 Å². The van der Waals surface area contributed by atoms with Gasteiger partial charge in [-0.2, -0.15) is 0 Å². The van der Waals surface area contributed by atoms with Crippen LogP contribution in [0, 0.1) is 0 Å². The summed E-state index contributed by atoms with van der Waals surface area (Å²) in [6, 6.07) is 8.27. The molecule has 1 aromatic carbocycles. The van der Waals surface area contributed by atoms with Gasteiger partial charge in [-0.15, -0.1) is 24.8 Å². The summed E-state index contributed by atoms with van der Waals surface area (Å²) < 4.78 is 0. The van der Waals surface area contributed by atoms with Crippen LogP contribution in [0.15, 0.2) is 24.3 Å². The highest BCUT2D eigenvalue weighted by molar-refractivity contribution is 5.94. The van der Waals surface area contributed by atoms with Gasteiger partial charge in [0.2, 0.25) is 0 Å². The lowest BCUT2D eigenvalue weighted by Crippen LogP contribution is -2.37. The van der Waals surface area contributed by atoms with Gasteiger partial charge in [-0.1, -0.05) is 6.92 Å². The van der Waals surface area contributed by atoms with Crippen LogP contribution in [0.3, 0.4) is 0 Å². The lowest BCUT2D eigenvalue weighted by atomic mass is 10.1. The Morgan fingerprint density at radius 2 is 2.00 bits per heavy atom. The second-order valence-corrected chi connectivity index (χ2v) is 5.47. The van der Waals surface area contributed by atoms with Crippen molar-refractivity contribution in [2.24, 2.45) is 0 Å². The summed E-state index contributed by atoms with van der Waals surface area (Å²) in [5.41, 5.74) is 1.89. The molecule has 1 saturated heterocycles. The van der Waals surface area contributed by atoms with Crippen molar-refractivity contribution in [3.8, 4) is 0 Å². The zero-order valence-corrected chi connectivity index (χ0v) is 14.9. The van der Waals surface area contributed by atoms with Gasteiger partial charge < -0.3 is 15.5 Å². The Labute approximate surface area is 145 Å². The van der Waals surface area contributed by atoms with Crippen LogP contribution in [0.2, 0.25) is 0 Å². The molecule has 0 spiro atoms. The van der Waals surface area contributed by atoms with Gasteiger partial charge in [-0.05, 0) is 50.1 Å². The molecule has 22 heavy (non-hydrogen) atoms. The van der Waals surface area contributed by atoms with Crippen LogP contribution >= 0.6 is 24.8 Å². The van der Waals surface area contributed by atoms with Gasteiger partial charge in [0.25, 0.3) is 5.91 Å². The van der Waals surface area contributed by atoms with Crippen molar-refractivity contribution in [2.75, 3.05) is 31.6 Å². The maximum Gasteiger partial charge on any atom is 0.251 e. The normalized spacial score (nSPS) is 16.4. The fraction of sp³-hybridized carbons (Fsp3) is 0.562. The van der Waals surface area contributed by atoms with E-state index in [2.05, 4.69) is 29.5 Å². The fourth-order valence-electron chi connectivity index (χ4n) is 2.58. The topological polar surface area (TPSA) is 44.4 Å². The second-order valence-electron chi connectivity index (χ2n) is 5.47. The number of nitrogens with one attached hydrogen (secondary N) is 2. The maximum absolute atomic E-state index is 12.1. The number of anilines is 1. The third-order valence-corrected chi connectivity index (χ3v) is 3.80. The summed E-state index contributed by atoms with van der Waals surface area (Å²) >= 11 is 0. The molecule has 1 aromatic rings. The molecular weight excluding hydrogens is 321 g/mol. The average Bonchev–Trinajstić information content (AvgIpc) is 2.98. The Bertz CT molecular complexity index is 434. The fourth-order valence-corrected chi connectivity index (χ4v) is 2.58. The highest BCUT2D eigenvalue weighted by Gasteiger charge is 2.15. The predicted octanol–water partition coefficient (Wildman–Crippen LogP) is 2.86. The Balaban J connectivity index is 0.00000220. The van der Waals surface area contributed by atoms with E-state index in [1.54, 1.807) is 0 Å². The predicted molar refractivity (Wildman–Crippen MR) is 97.9 cm³/mol. The Hall–Kier alpha value is -0.970. The van der Waals surface area contributed by atoms with Crippen LogP contribution in [0.25, 0.3) is 0 Å². The summed E-state index contributed by atoms with van der Waals surface area (Å²) in [5.74, 6) is 0.0170. The number of hydrogen-bond acceptors (Lipinski definition) is 3. The number of halogens is 2. The van der Waals surface area contributed by atoms with E-state index in [4.69, 9.17) is 0 Å². The molecule has 0 aromatic heterocycles. The van der Waals surface area contributed by atoms with Gasteiger partial charge in [0.1, 0.15) is 0 Å². The molecule has 1 fully saturated rings. The van der Waals surface area contributed by atoms with Crippen molar-refractivity contribution in [1.82, 2.24) is 10.6 Å². The molecule has 1 unspecified atom stereocenters. The number of carbonyl (C=O) groups excluding carboxylic acids is 1. The van der Waals surface area contributed by atoms with Gasteiger partial charge in [0.15, 0.2) is 0 Å². The SMILES string of the molecule is CCCN(C)c1ccc(C(=O)NCC2CCCN2)cc1.Cl.Cl. The number of rotatable bonds is 6. The summed E-state index contributed by atoms with van der Waals surface area (Å²) in [5, 5.41) is 6.38. The lowest BCUT2D eigenvalue weighted by molar-refractivity contribution is 0.0950. The molecule has 1 aliphatic rings. The Morgan fingerprint density at radius 3 is 2.55 bits per heavy atom. The summed E-state index contributed by atoms with van der Waals surface area (Å²) in [7, 11) is 2.07. The molecule has 4 nitrogen and oxygen atoms in total. The minimum absolute atomic E-state index is 0. The minimum Gasteiger partial charge on any atom is -0.375 e. The molecule has 0 aliphatic carbocycles. The smallest absolute Gasteiger partial charge is 0.251 e. The Kier molecular flexibility index (Phi) is 10.2. The van der Waals surface area contributed by atoms with Crippen LogP contribution in [0.5, 0.6) is 0 Å². The van der Waals surface area contributed by atoms with E-state index in [9.17, 15) is 4.79 Å². The van der Waals surface area contributed by atoms with E-state index in [1.807, 2.05) is 24.3 Å². The van der Waals surface area contributed by atoms with Gasteiger partial charge in [0, 0.05) is 37.4 Å². The molecule has 6 heteroatoms. The highest BCUT2D eigenvalue weighted by Crippen LogP contribution is 2.14. The van der Waals surface area contributed by atoms with Crippen molar-refractivity contribution in [3.05, 3.63) is 29.8 Å². The van der Waals surface area contributed by atoms with E-state index in [-0.39, 0.29) is 30.7 Å². The van der Waals surface area contributed by atoms with Crippen LogP contribution in [-0.2, 0) is 0 Å². The molecule has 126 valence electrons. The molecule has 1 atom stereocenters. The Morgan fingerprint density at radius 1 is 1.32 bits per heavy atom. The van der Waals surface area contributed by atoms with Crippen molar-refractivity contribution < 1.29 is 4.79 Å². The van der Waals surface area contributed by atoms with E-state index < -0.39 is 0 Å². The number of amides is 1. The second kappa shape index (κ2) is 10.7. The number of carbonyl (C=O) groups is 1. The zero-order chi connectivity index (χ0) is 14.4. The zero-order valence-electron chi connectivity index (χ0n) is 13.3. The molecule has 2 N–H and O–H groups in total. The first kappa shape index (κ1) is 21.0. The largest absolute Gasteiger partial charge is 0.375 e. The summed E-state index contributed by atoms with van der Waals surface area (Å²) in [6.07, 6.45) is 3.48. The number of hydrogen-bond donors (Lipinski definition) is 2. The molecule has 0 saturated carbocycles. The summed E-state index contributed by atoms with van der Waals surface area (Å²) in [4.78, 5) is 14.3. The number of nitrogens with zero attached hydrogens (tertiary/aromatic N) is 1. The van der Waals surface area contributed by atoms with E-state index in [0.29, 0.717) is 6.04 Å². The summed E-state index contributed by atoms with van der Waals surface area (Å²) in [6.45, 7) is 4.98. The van der Waals surface area contributed by atoms with Gasteiger partial charge in [-0.25, -0.2) is 0 Å². The first-order valence-corrected chi connectivity index (χ1v) is 7.53. The highest BCUT2D eigenvalue weighted by atomic mass is 35.5. The van der Waals surface area contributed by atoms with Gasteiger partial charge in [0.05, 0.1) is 0 Å². The third kappa shape index (κ3) is 6.03. The van der Waals surface area contributed by atoms with Gasteiger partial charge >= 0.3 is 0 Å². The minimum atomic E-state index is 0. The maximum atomic E-state index is 12.1. The standard InChI is InChI=1S/C16H25N3O.2ClH/c1-3-11-19(2)15-8-6-13(7-9-15)16(20)18-12-14-5-4-10-17-14;;/h6-9,14,17H,3-5,10-12H2,1-2H3,(H,18,20);2*1H. The van der Waals surface area contributed by atoms with E-state index in [1.165, 1.54) is 6.42 Å². The van der Waals surface area contributed by atoms with Crippen LogP contribution in [0.1, 0.15) is 36.5 Å². The lowest BCUT2D eigenvalue weighted by Gasteiger charge is -2.18. The van der Waals surface area contributed by atoms with Crippen molar-refractivity contribution in [3.63, 3.8) is 0 Å². The van der Waals surface area contributed by atoms with Gasteiger partial charge in [-0.3, -0.25) is 4.79 Å². The quantitative estimate of drug-likeness (QED) is 0.831. The number of benzene rings is 1. The van der Waals surface area contributed by atoms with Crippen molar-refractivity contribution in [2.45, 2.75) is 32.2 Å². The molecule has 1 aliphatic heterocycles. The van der Waals surface area contributed by atoms with Crippen LogP contribution in [0.4, 0.5) is 5.69 Å². The molecule has 1 amide bonds. The van der Waals surface area contributed by atoms with Crippen LogP contribution in [-0.4, -0.2) is 38.6 Å². The molecule has 1 heterocycles. The van der Waals surface area contributed by atoms with Crippen LogP contribution < -0.4 is 15.5 Å². The van der Waals surface area contributed by atoms with E-state index >= 15 is 0 Å². The molecule has 2 rings (SSSR count). The van der Waals surface area contributed by atoms with Crippen molar-refractivity contribution >= 4 is 36.4 Å². The third-order valence-electron chi connectivity index (χ3n) is 3.80. The molecule has 0 bridgehead atoms. The first-order chi connectivity index (χ1) is 9.70.